The molecule has 2 aromatic heterocycles. The fourth-order valence-electron chi connectivity index (χ4n) is 1.37. The summed E-state index contributed by atoms with van der Waals surface area (Å²) in [6, 6.07) is 0.811. The number of nitrogens with zero attached hydrogens (tertiary/aromatic N) is 2. The molecule has 16 heavy (non-hydrogen) atoms. The van der Waals surface area contributed by atoms with E-state index in [4.69, 9.17) is 16.7 Å². The number of pyridine rings is 1. The van der Waals surface area contributed by atoms with Crippen LogP contribution in [0.15, 0.2) is 18.5 Å². The minimum atomic E-state index is -4.48. The highest BCUT2D eigenvalue weighted by molar-refractivity contribution is 6.33. The van der Waals surface area contributed by atoms with Gasteiger partial charge >= 0.3 is 6.18 Å². The average Bonchev–Trinajstić information content (AvgIpc) is 2.59. The van der Waals surface area contributed by atoms with Gasteiger partial charge in [-0.3, -0.25) is 4.40 Å². The van der Waals surface area contributed by atoms with Gasteiger partial charge in [-0.1, -0.05) is 11.6 Å². The van der Waals surface area contributed by atoms with Crippen LogP contribution >= 0.6 is 11.6 Å². The highest BCUT2D eigenvalue weighted by Crippen LogP contribution is 2.32. The van der Waals surface area contributed by atoms with E-state index in [0.29, 0.717) is 0 Å². The molecule has 0 aliphatic rings. The highest BCUT2D eigenvalue weighted by atomic mass is 35.5. The second-order valence-electron chi connectivity index (χ2n) is 3.18. The Balaban J connectivity index is 2.73. The zero-order valence-corrected chi connectivity index (χ0v) is 8.55. The minimum Gasteiger partial charge on any atom is -0.390 e. The summed E-state index contributed by atoms with van der Waals surface area (Å²) in [6.45, 7) is -0.404. The number of hydrogen-bond acceptors (Lipinski definition) is 2. The van der Waals surface area contributed by atoms with Gasteiger partial charge in [0.1, 0.15) is 0 Å². The van der Waals surface area contributed by atoms with Crippen molar-refractivity contribution in [1.29, 1.82) is 0 Å². The molecular weight excluding hydrogens is 245 g/mol. The minimum absolute atomic E-state index is 0.102. The largest absolute Gasteiger partial charge is 0.417 e. The molecule has 3 nitrogen and oxygen atoms in total. The molecule has 0 aliphatic carbocycles. The van der Waals surface area contributed by atoms with Crippen molar-refractivity contribution in [2.75, 3.05) is 0 Å². The SMILES string of the molecule is OCc1cnc2c(Cl)cc(C(F)(F)F)cn12. The van der Waals surface area contributed by atoms with Gasteiger partial charge in [-0.2, -0.15) is 13.2 Å². The third-order valence-electron chi connectivity index (χ3n) is 2.13. The van der Waals surface area contributed by atoms with Crippen LogP contribution in [0.1, 0.15) is 11.3 Å². The fraction of sp³-hybridized carbons (Fsp3) is 0.222. The second-order valence-corrected chi connectivity index (χ2v) is 3.58. The standard InChI is InChI=1S/C9H6ClF3N2O/c10-7-1-5(9(11,12)13)3-15-6(4-16)2-14-8(7)15/h1-3,16H,4H2. The first-order valence-corrected chi connectivity index (χ1v) is 4.65. The number of hydrogen-bond donors (Lipinski definition) is 1. The Bertz CT molecular complexity index is 535. The molecule has 0 fully saturated rings. The Morgan fingerprint density at radius 1 is 1.44 bits per heavy atom. The number of rotatable bonds is 1. The lowest BCUT2D eigenvalue weighted by molar-refractivity contribution is -0.137. The monoisotopic (exact) mass is 250 g/mol. The molecule has 2 aromatic rings. The van der Waals surface area contributed by atoms with E-state index in [1.54, 1.807) is 0 Å². The van der Waals surface area contributed by atoms with Gasteiger partial charge in [-0.15, -0.1) is 0 Å². The zero-order chi connectivity index (χ0) is 11.9. The molecule has 0 aromatic carbocycles. The Labute approximate surface area is 93.1 Å². The lowest BCUT2D eigenvalue weighted by atomic mass is 10.2. The molecular formula is C9H6ClF3N2O. The topological polar surface area (TPSA) is 37.5 Å². The number of imidazole rings is 1. The molecule has 0 unspecified atom stereocenters. The molecule has 86 valence electrons. The molecule has 1 N–H and O–H groups in total. The van der Waals surface area contributed by atoms with Gasteiger partial charge < -0.3 is 5.11 Å². The first-order valence-electron chi connectivity index (χ1n) is 4.27. The van der Waals surface area contributed by atoms with Crippen LogP contribution in [0, 0.1) is 0 Å². The van der Waals surface area contributed by atoms with E-state index in [-0.39, 0.29) is 16.4 Å². The molecule has 0 radical (unpaired) electrons. The van der Waals surface area contributed by atoms with Crippen molar-refractivity contribution in [3.63, 3.8) is 0 Å². The van der Waals surface area contributed by atoms with Crippen LogP contribution in [0.4, 0.5) is 13.2 Å². The fourth-order valence-corrected chi connectivity index (χ4v) is 1.62. The highest BCUT2D eigenvalue weighted by Gasteiger charge is 2.32. The quantitative estimate of drug-likeness (QED) is 0.844. The van der Waals surface area contributed by atoms with Gasteiger partial charge in [0.25, 0.3) is 0 Å². The summed E-state index contributed by atoms with van der Waals surface area (Å²) in [7, 11) is 0. The summed E-state index contributed by atoms with van der Waals surface area (Å²) in [5.41, 5.74) is -0.431. The van der Waals surface area contributed by atoms with E-state index in [9.17, 15) is 13.2 Å². The number of aromatic nitrogens is 2. The molecule has 0 saturated carbocycles. The van der Waals surface area contributed by atoms with E-state index in [0.717, 1.165) is 16.7 Å². The van der Waals surface area contributed by atoms with Gasteiger partial charge in [0.05, 0.1) is 29.1 Å². The normalized spacial score (nSPS) is 12.3. The van der Waals surface area contributed by atoms with Crippen molar-refractivity contribution in [3.8, 4) is 0 Å². The number of halogens is 4. The van der Waals surface area contributed by atoms with Crippen molar-refractivity contribution in [3.05, 3.63) is 34.7 Å². The van der Waals surface area contributed by atoms with Crippen LogP contribution in [0.5, 0.6) is 0 Å². The zero-order valence-electron chi connectivity index (χ0n) is 7.79. The van der Waals surface area contributed by atoms with Gasteiger partial charge in [0, 0.05) is 6.20 Å². The number of alkyl halides is 3. The van der Waals surface area contributed by atoms with Crippen molar-refractivity contribution >= 4 is 17.2 Å². The molecule has 0 spiro atoms. The predicted octanol–water partition coefficient (Wildman–Crippen LogP) is 2.50. The van der Waals surface area contributed by atoms with Crippen LogP contribution in [0.2, 0.25) is 5.02 Å². The maximum atomic E-state index is 12.5. The summed E-state index contributed by atoms with van der Waals surface area (Å²) in [5, 5.41) is 8.82. The predicted molar refractivity (Wildman–Crippen MR) is 51.1 cm³/mol. The van der Waals surface area contributed by atoms with Crippen LogP contribution in [-0.2, 0) is 12.8 Å². The molecule has 0 aliphatic heterocycles. The van der Waals surface area contributed by atoms with Gasteiger partial charge in [-0.25, -0.2) is 4.98 Å². The second kappa shape index (κ2) is 3.64. The summed E-state index contributed by atoms with van der Waals surface area (Å²) < 4.78 is 38.6. The summed E-state index contributed by atoms with van der Waals surface area (Å²) >= 11 is 5.67. The molecule has 0 saturated heterocycles. The molecule has 0 atom stereocenters. The van der Waals surface area contributed by atoms with Crippen molar-refractivity contribution in [1.82, 2.24) is 9.38 Å². The van der Waals surface area contributed by atoms with E-state index >= 15 is 0 Å². The molecule has 2 rings (SSSR count). The average molecular weight is 251 g/mol. The first kappa shape index (κ1) is 11.2. The third-order valence-corrected chi connectivity index (χ3v) is 2.40. The Kier molecular flexibility index (Phi) is 2.55. The molecule has 0 amide bonds. The molecule has 7 heteroatoms. The van der Waals surface area contributed by atoms with E-state index < -0.39 is 18.3 Å². The van der Waals surface area contributed by atoms with E-state index in [2.05, 4.69) is 4.98 Å². The summed E-state index contributed by atoms with van der Waals surface area (Å²) in [6.07, 6.45) is -2.34. The maximum absolute atomic E-state index is 12.5. The van der Waals surface area contributed by atoms with Gasteiger partial charge in [0.2, 0.25) is 0 Å². The Hall–Kier alpha value is -1.27. The van der Waals surface area contributed by atoms with Crippen molar-refractivity contribution < 1.29 is 18.3 Å². The Morgan fingerprint density at radius 3 is 2.69 bits per heavy atom. The van der Waals surface area contributed by atoms with Gasteiger partial charge in [0.15, 0.2) is 5.65 Å². The number of aliphatic hydroxyl groups is 1. The third kappa shape index (κ3) is 1.74. The van der Waals surface area contributed by atoms with Crippen LogP contribution in [0.3, 0.4) is 0 Å². The van der Waals surface area contributed by atoms with Crippen molar-refractivity contribution in [2.24, 2.45) is 0 Å². The molecule has 0 bridgehead atoms. The van der Waals surface area contributed by atoms with Crippen LogP contribution in [0.25, 0.3) is 5.65 Å². The van der Waals surface area contributed by atoms with E-state index in [1.165, 1.54) is 6.20 Å². The number of aliphatic hydroxyl groups excluding tert-OH is 1. The maximum Gasteiger partial charge on any atom is 0.417 e. The molecule has 2 heterocycles. The lowest BCUT2D eigenvalue weighted by Gasteiger charge is -2.08. The van der Waals surface area contributed by atoms with Gasteiger partial charge in [-0.05, 0) is 6.07 Å². The summed E-state index contributed by atoms with van der Waals surface area (Å²) in [4.78, 5) is 3.82. The van der Waals surface area contributed by atoms with Crippen LogP contribution < -0.4 is 0 Å². The number of fused-ring (bicyclic) bond motifs is 1. The summed E-state index contributed by atoms with van der Waals surface area (Å²) in [5.74, 6) is 0. The first-order chi connectivity index (χ1) is 7.43. The van der Waals surface area contributed by atoms with E-state index in [1.807, 2.05) is 0 Å². The smallest absolute Gasteiger partial charge is 0.390 e. The lowest BCUT2D eigenvalue weighted by Crippen LogP contribution is -2.07. The Morgan fingerprint density at radius 2 is 2.12 bits per heavy atom. The van der Waals surface area contributed by atoms with Crippen molar-refractivity contribution in [2.45, 2.75) is 12.8 Å². The van der Waals surface area contributed by atoms with Crippen LogP contribution in [-0.4, -0.2) is 14.5 Å².